The summed E-state index contributed by atoms with van der Waals surface area (Å²) in [5, 5.41) is 11.8. The van der Waals surface area contributed by atoms with Crippen LogP contribution in [-0.2, 0) is 9.59 Å². The molecule has 0 aliphatic heterocycles. The van der Waals surface area contributed by atoms with E-state index in [1.807, 2.05) is 13.8 Å². The minimum Gasteiger partial charge on any atom is -0.480 e. The lowest BCUT2D eigenvalue weighted by Gasteiger charge is -2.40. The zero-order valence-corrected chi connectivity index (χ0v) is 10.8. The third-order valence-electron chi connectivity index (χ3n) is 3.92. The fourth-order valence-corrected chi connectivity index (χ4v) is 2.32. The van der Waals surface area contributed by atoms with Gasteiger partial charge in [-0.1, -0.05) is 33.1 Å². The Balaban J connectivity index is 2.54. The van der Waals surface area contributed by atoms with Crippen molar-refractivity contribution >= 4 is 11.9 Å². The third-order valence-corrected chi connectivity index (χ3v) is 3.92. The van der Waals surface area contributed by atoms with Gasteiger partial charge in [-0.25, -0.2) is 4.79 Å². The minimum absolute atomic E-state index is 0.0604. The summed E-state index contributed by atoms with van der Waals surface area (Å²) in [6, 6.07) is -0.716. The van der Waals surface area contributed by atoms with Crippen molar-refractivity contribution in [2.75, 3.05) is 0 Å². The van der Waals surface area contributed by atoms with Gasteiger partial charge in [0.25, 0.3) is 0 Å². The van der Waals surface area contributed by atoms with Crippen LogP contribution in [0.25, 0.3) is 0 Å². The van der Waals surface area contributed by atoms with Gasteiger partial charge in [0, 0.05) is 5.41 Å². The molecule has 0 radical (unpaired) electrons. The van der Waals surface area contributed by atoms with E-state index in [9.17, 15) is 9.59 Å². The lowest BCUT2D eigenvalue weighted by molar-refractivity contribution is -0.146. The number of rotatable bonds is 7. The van der Waals surface area contributed by atoms with Crippen molar-refractivity contribution in [3.8, 4) is 0 Å². The molecule has 0 saturated heterocycles. The average Bonchev–Trinajstić information content (AvgIpc) is 2.23. The molecule has 1 amide bonds. The summed E-state index contributed by atoms with van der Waals surface area (Å²) in [5.41, 5.74) is -0.278. The van der Waals surface area contributed by atoms with Crippen molar-refractivity contribution in [3.05, 3.63) is 0 Å². The van der Waals surface area contributed by atoms with E-state index in [1.54, 1.807) is 0 Å². The fourth-order valence-electron chi connectivity index (χ4n) is 2.32. The number of hydrogen-bond donors (Lipinski definition) is 2. The Morgan fingerprint density at radius 3 is 2.35 bits per heavy atom. The van der Waals surface area contributed by atoms with Crippen LogP contribution in [-0.4, -0.2) is 23.0 Å². The number of hydrogen-bond acceptors (Lipinski definition) is 2. The Hall–Kier alpha value is -1.06. The lowest BCUT2D eigenvalue weighted by Crippen LogP contribution is -2.51. The van der Waals surface area contributed by atoms with Gasteiger partial charge < -0.3 is 10.4 Å². The Bertz CT molecular complexity index is 279. The van der Waals surface area contributed by atoms with Gasteiger partial charge in [0.1, 0.15) is 6.04 Å². The molecule has 2 N–H and O–H groups in total. The summed E-state index contributed by atoms with van der Waals surface area (Å²) in [6.45, 7) is 4.01. The Morgan fingerprint density at radius 1 is 1.35 bits per heavy atom. The molecule has 0 bridgehead atoms. The van der Waals surface area contributed by atoms with Crippen molar-refractivity contribution in [2.45, 2.75) is 64.8 Å². The first-order chi connectivity index (χ1) is 8.05. The molecule has 17 heavy (non-hydrogen) atoms. The zero-order valence-electron chi connectivity index (χ0n) is 10.8. The van der Waals surface area contributed by atoms with E-state index in [0.29, 0.717) is 6.42 Å². The highest BCUT2D eigenvalue weighted by molar-refractivity contribution is 5.88. The van der Waals surface area contributed by atoms with Crippen molar-refractivity contribution < 1.29 is 14.7 Å². The number of unbranched alkanes of at least 4 members (excludes halogenated alkanes) is 1. The zero-order chi connectivity index (χ0) is 12.9. The number of amides is 1. The molecule has 1 atom stereocenters. The standard InChI is InChI=1S/C13H23NO3/c1-3-5-7-10(11(15)16)14-12(17)13(4-2)8-6-9-13/h10H,3-9H2,1-2H3,(H,14,17)(H,15,16)/t10-/m0/s1. The van der Waals surface area contributed by atoms with Gasteiger partial charge in [0.05, 0.1) is 0 Å². The van der Waals surface area contributed by atoms with Crippen LogP contribution in [0.15, 0.2) is 0 Å². The molecule has 98 valence electrons. The highest BCUT2D eigenvalue weighted by Gasteiger charge is 2.43. The van der Waals surface area contributed by atoms with E-state index in [4.69, 9.17) is 5.11 Å². The van der Waals surface area contributed by atoms with Crippen LogP contribution in [0.3, 0.4) is 0 Å². The first-order valence-electron chi connectivity index (χ1n) is 6.59. The van der Waals surface area contributed by atoms with Gasteiger partial charge >= 0.3 is 5.97 Å². The second-order valence-corrected chi connectivity index (χ2v) is 4.99. The van der Waals surface area contributed by atoms with Gasteiger partial charge in [-0.05, 0) is 25.7 Å². The maximum Gasteiger partial charge on any atom is 0.326 e. The summed E-state index contributed by atoms with van der Waals surface area (Å²) in [4.78, 5) is 23.1. The van der Waals surface area contributed by atoms with Gasteiger partial charge in [-0.3, -0.25) is 4.79 Å². The maximum atomic E-state index is 12.1. The van der Waals surface area contributed by atoms with Crippen LogP contribution in [0.2, 0.25) is 0 Å². The number of carboxylic acids is 1. The molecule has 0 unspecified atom stereocenters. The van der Waals surface area contributed by atoms with Gasteiger partial charge in [0.15, 0.2) is 0 Å². The summed E-state index contributed by atoms with van der Waals surface area (Å²) in [5.74, 6) is -0.980. The molecule has 1 aliphatic rings. The molecule has 0 aromatic heterocycles. The van der Waals surface area contributed by atoms with Crippen LogP contribution in [0.5, 0.6) is 0 Å². The summed E-state index contributed by atoms with van der Waals surface area (Å²) >= 11 is 0. The first kappa shape index (κ1) is 14.0. The topological polar surface area (TPSA) is 66.4 Å². The van der Waals surface area contributed by atoms with Crippen molar-refractivity contribution in [2.24, 2.45) is 5.41 Å². The number of carboxylic acid groups (broad SMARTS) is 1. The number of carbonyl (C=O) groups is 2. The van der Waals surface area contributed by atoms with Gasteiger partial charge in [-0.2, -0.15) is 0 Å². The van der Waals surface area contributed by atoms with E-state index in [-0.39, 0.29) is 11.3 Å². The molecule has 0 heterocycles. The highest BCUT2D eigenvalue weighted by atomic mass is 16.4. The second-order valence-electron chi connectivity index (χ2n) is 4.99. The summed E-state index contributed by atoms with van der Waals surface area (Å²) < 4.78 is 0. The van der Waals surface area contributed by atoms with Gasteiger partial charge in [-0.15, -0.1) is 0 Å². The normalized spacial score (nSPS) is 19.2. The molecular weight excluding hydrogens is 218 g/mol. The van der Waals surface area contributed by atoms with Crippen molar-refractivity contribution in [1.29, 1.82) is 0 Å². The molecule has 4 nitrogen and oxygen atoms in total. The second kappa shape index (κ2) is 6.03. The monoisotopic (exact) mass is 241 g/mol. The van der Waals surface area contributed by atoms with Crippen molar-refractivity contribution in [1.82, 2.24) is 5.32 Å². The third kappa shape index (κ3) is 3.20. The van der Waals surface area contributed by atoms with E-state index in [0.717, 1.165) is 38.5 Å². The van der Waals surface area contributed by atoms with E-state index in [2.05, 4.69) is 5.32 Å². The molecule has 1 aliphatic carbocycles. The SMILES string of the molecule is CCCC[C@H](NC(=O)C1(CC)CCC1)C(=O)O. The number of nitrogens with one attached hydrogen (secondary N) is 1. The quantitative estimate of drug-likeness (QED) is 0.719. The lowest BCUT2D eigenvalue weighted by atomic mass is 9.66. The van der Waals surface area contributed by atoms with E-state index in [1.165, 1.54) is 0 Å². The predicted molar refractivity (Wildman–Crippen MR) is 65.7 cm³/mol. The van der Waals surface area contributed by atoms with Crippen LogP contribution in [0.1, 0.15) is 58.8 Å². The molecule has 0 aromatic carbocycles. The van der Waals surface area contributed by atoms with Crippen LogP contribution < -0.4 is 5.32 Å². The number of carbonyl (C=O) groups excluding carboxylic acids is 1. The fraction of sp³-hybridized carbons (Fsp3) is 0.846. The molecule has 1 rings (SSSR count). The molecule has 4 heteroatoms. The van der Waals surface area contributed by atoms with Crippen LogP contribution >= 0.6 is 0 Å². The first-order valence-corrected chi connectivity index (χ1v) is 6.59. The van der Waals surface area contributed by atoms with E-state index < -0.39 is 12.0 Å². The highest BCUT2D eigenvalue weighted by Crippen LogP contribution is 2.44. The van der Waals surface area contributed by atoms with Crippen LogP contribution in [0.4, 0.5) is 0 Å². The number of aliphatic carboxylic acids is 1. The largest absolute Gasteiger partial charge is 0.480 e. The van der Waals surface area contributed by atoms with Crippen molar-refractivity contribution in [3.63, 3.8) is 0 Å². The molecule has 1 saturated carbocycles. The Morgan fingerprint density at radius 2 is 2.00 bits per heavy atom. The predicted octanol–water partition coefficient (Wildman–Crippen LogP) is 2.33. The van der Waals surface area contributed by atoms with E-state index >= 15 is 0 Å². The summed E-state index contributed by atoms with van der Waals surface area (Å²) in [7, 11) is 0. The maximum absolute atomic E-state index is 12.1. The Labute approximate surface area is 103 Å². The molecule has 1 fully saturated rings. The average molecular weight is 241 g/mol. The van der Waals surface area contributed by atoms with Crippen LogP contribution in [0, 0.1) is 5.41 Å². The summed E-state index contributed by atoms with van der Waals surface area (Å²) in [6.07, 6.45) is 5.98. The minimum atomic E-state index is -0.919. The van der Waals surface area contributed by atoms with Gasteiger partial charge in [0.2, 0.25) is 5.91 Å². The molecule has 0 aromatic rings. The molecular formula is C13H23NO3. The Kier molecular flexibility index (Phi) is 4.97. The molecule has 0 spiro atoms. The smallest absolute Gasteiger partial charge is 0.326 e.